The Kier molecular flexibility index (Phi) is 12.2. The highest BCUT2D eigenvalue weighted by Crippen LogP contribution is 2.27. The number of aliphatic carboxylic acids is 1. The van der Waals surface area contributed by atoms with Crippen molar-refractivity contribution in [3.63, 3.8) is 0 Å². The number of carboxylic acids is 1. The topological polar surface area (TPSA) is 175 Å². The van der Waals surface area contributed by atoms with Crippen LogP contribution in [-0.2, 0) is 20.7 Å². The van der Waals surface area contributed by atoms with Gasteiger partial charge in [0, 0.05) is 36.1 Å². The molecule has 12 nitrogen and oxygen atoms in total. The SMILES string of the molecule is CC(C)(C)OC(=O)NCCCC(=O)NC[C@H](C[C@@H](Cc1ccc(-c2cc(Cl)ccc2F)cc1)NC(=O)c1cn[nH]n1)C(=O)O. The second-order valence-electron chi connectivity index (χ2n) is 11.2. The first-order valence-corrected chi connectivity index (χ1v) is 14.4. The van der Waals surface area contributed by atoms with Gasteiger partial charge in [-0.15, -0.1) is 0 Å². The molecule has 1 aromatic heterocycles. The lowest BCUT2D eigenvalue weighted by molar-refractivity contribution is -0.142. The van der Waals surface area contributed by atoms with Gasteiger partial charge in [-0.2, -0.15) is 15.4 Å². The number of H-pyrrole nitrogens is 1. The van der Waals surface area contributed by atoms with Crippen molar-refractivity contribution in [2.75, 3.05) is 13.1 Å². The van der Waals surface area contributed by atoms with Gasteiger partial charge in [0.15, 0.2) is 5.69 Å². The van der Waals surface area contributed by atoms with Gasteiger partial charge in [0.05, 0.1) is 12.1 Å². The molecule has 14 heteroatoms. The Morgan fingerprint density at radius 3 is 2.45 bits per heavy atom. The van der Waals surface area contributed by atoms with E-state index in [4.69, 9.17) is 16.3 Å². The fraction of sp³-hybridized carbons (Fsp3) is 0.400. The summed E-state index contributed by atoms with van der Waals surface area (Å²) in [6.45, 7) is 5.26. The molecule has 5 N–H and O–H groups in total. The number of rotatable bonds is 14. The maximum absolute atomic E-state index is 14.3. The minimum Gasteiger partial charge on any atom is -0.481 e. The van der Waals surface area contributed by atoms with Gasteiger partial charge < -0.3 is 25.8 Å². The van der Waals surface area contributed by atoms with Gasteiger partial charge >= 0.3 is 12.1 Å². The molecule has 0 radical (unpaired) electrons. The van der Waals surface area contributed by atoms with Gasteiger partial charge in [0.25, 0.3) is 5.91 Å². The molecule has 44 heavy (non-hydrogen) atoms. The molecule has 0 aliphatic heterocycles. The summed E-state index contributed by atoms with van der Waals surface area (Å²) in [5.41, 5.74) is 1.08. The van der Waals surface area contributed by atoms with Crippen LogP contribution in [0.1, 0.15) is 56.1 Å². The lowest BCUT2D eigenvalue weighted by Crippen LogP contribution is -2.42. The minimum atomic E-state index is -1.15. The number of carbonyl (C=O) groups is 4. The van der Waals surface area contributed by atoms with Crippen LogP contribution in [-0.4, -0.2) is 69.1 Å². The Balaban J connectivity index is 1.62. The third-order valence-corrected chi connectivity index (χ3v) is 6.61. The fourth-order valence-electron chi connectivity index (χ4n) is 4.28. The summed E-state index contributed by atoms with van der Waals surface area (Å²) in [6.07, 6.45) is 1.28. The lowest BCUT2D eigenvalue weighted by atomic mass is 9.93. The van der Waals surface area contributed by atoms with Crippen LogP contribution >= 0.6 is 11.6 Å². The quantitative estimate of drug-likeness (QED) is 0.165. The molecule has 0 aliphatic rings. The van der Waals surface area contributed by atoms with Gasteiger partial charge in [-0.25, -0.2) is 9.18 Å². The van der Waals surface area contributed by atoms with Crippen LogP contribution in [0, 0.1) is 11.7 Å². The molecule has 0 saturated carbocycles. The number of hydrogen-bond acceptors (Lipinski definition) is 7. The van der Waals surface area contributed by atoms with E-state index >= 15 is 0 Å². The van der Waals surface area contributed by atoms with Crippen LogP contribution in [0.25, 0.3) is 11.1 Å². The second kappa shape index (κ2) is 15.8. The zero-order chi connectivity index (χ0) is 32.3. The summed E-state index contributed by atoms with van der Waals surface area (Å²) in [5.74, 6) is -3.53. The number of nitrogens with zero attached hydrogens (tertiary/aromatic N) is 2. The summed E-state index contributed by atoms with van der Waals surface area (Å²) in [4.78, 5) is 49.0. The zero-order valence-electron chi connectivity index (χ0n) is 24.7. The first kappa shape index (κ1) is 34.0. The standard InChI is InChI=1S/C30H36ClFN6O6/c1-30(2,3)44-29(43)33-12-4-5-26(39)34-16-20(28(41)42)14-22(36-27(40)25-17-35-38-37-25)13-18-6-8-19(9-7-18)23-15-21(31)10-11-24(23)32/h6-11,15,17,20,22H,4-5,12-14,16H2,1-3H3,(H,33,43)(H,34,39)(H,36,40)(H,41,42)(H,35,37,38)/t20-,22+/m0/s1. The number of ether oxygens (including phenoxy) is 1. The number of carbonyl (C=O) groups excluding carboxylic acids is 3. The lowest BCUT2D eigenvalue weighted by Gasteiger charge is -2.23. The van der Waals surface area contributed by atoms with Crippen molar-refractivity contribution in [2.24, 2.45) is 5.92 Å². The molecule has 0 aliphatic carbocycles. The van der Waals surface area contributed by atoms with Crippen molar-refractivity contribution in [1.29, 1.82) is 0 Å². The number of halogens is 2. The number of alkyl carbamates (subject to hydrolysis) is 1. The summed E-state index contributed by atoms with van der Waals surface area (Å²) < 4.78 is 19.5. The van der Waals surface area contributed by atoms with Gasteiger partial charge in [0.2, 0.25) is 5.91 Å². The molecular formula is C30H36ClFN6O6. The van der Waals surface area contributed by atoms with Gasteiger partial charge in [-0.05, 0) is 69.4 Å². The number of benzene rings is 2. The second-order valence-corrected chi connectivity index (χ2v) is 11.6. The molecule has 2 aromatic carbocycles. The number of nitrogens with one attached hydrogen (secondary N) is 4. The Bertz CT molecular complexity index is 1430. The highest BCUT2D eigenvalue weighted by Gasteiger charge is 2.26. The van der Waals surface area contributed by atoms with E-state index in [1.54, 1.807) is 45.0 Å². The summed E-state index contributed by atoms with van der Waals surface area (Å²) in [6, 6.07) is 10.6. The number of hydrogen-bond donors (Lipinski definition) is 5. The third-order valence-electron chi connectivity index (χ3n) is 6.37. The number of amides is 3. The molecular weight excluding hydrogens is 595 g/mol. The van der Waals surface area contributed by atoms with Crippen LogP contribution in [0.2, 0.25) is 5.02 Å². The zero-order valence-corrected chi connectivity index (χ0v) is 25.4. The molecule has 3 amide bonds. The van der Waals surface area contributed by atoms with Crippen LogP contribution in [0.3, 0.4) is 0 Å². The molecule has 2 atom stereocenters. The predicted molar refractivity (Wildman–Crippen MR) is 160 cm³/mol. The van der Waals surface area contributed by atoms with Crippen LogP contribution in [0.4, 0.5) is 9.18 Å². The van der Waals surface area contributed by atoms with E-state index in [1.165, 1.54) is 24.4 Å². The maximum Gasteiger partial charge on any atom is 0.407 e. The number of aromatic amines is 1. The van der Waals surface area contributed by atoms with E-state index in [2.05, 4.69) is 31.4 Å². The van der Waals surface area contributed by atoms with Crippen molar-refractivity contribution in [1.82, 2.24) is 31.4 Å². The molecule has 1 heterocycles. The highest BCUT2D eigenvalue weighted by molar-refractivity contribution is 6.30. The van der Waals surface area contributed by atoms with E-state index in [1.807, 2.05) is 0 Å². The number of carboxylic acid groups (broad SMARTS) is 1. The van der Waals surface area contributed by atoms with Crippen molar-refractivity contribution < 1.29 is 33.4 Å². The van der Waals surface area contributed by atoms with Crippen molar-refractivity contribution >= 4 is 35.5 Å². The Hall–Kier alpha value is -4.52. The highest BCUT2D eigenvalue weighted by atomic mass is 35.5. The van der Waals surface area contributed by atoms with E-state index in [0.29, 0.717) is 22.6 Å². The van der Waals surface area contributed by atoms with E-state index in [0.717, 1.165) is 5.56 Å². The van der Waals surface area contributed by atoms with E-state index in [-0.39, 0.29) is 44.0 Å². The van der Waals surface area contributed by atoms with Gasteiger partial charge in [0.1, 0.15) is 11.4 Å². The normalized spacial score (nSPS) is 12.6. The van der Waals surface area contributed by atoms with Crippen LogP contribution < -0.4 is 16.0 Å². The van der Waals surface area contributed by atoms with Crippen molar-refractivity contribution in [2.45, 2.75) is 58.1 Å². The van der Waals surface area contributed by atoms with E-state index in [9.17, 15) is 28.7 Å². The maximum atomic E-state index is 14.3. The Morgan fingerprint density at radius 1 is 1.09 bits per heavy atom. The van der Waals surface area contributed by atoms with E-state index < -0.39 is 41.3 Å². The first-order chi connectivity index (χ1) is 20.8. The summed E-state index contributed by atoms with van der Waals surface area (Å²) in [5, 5.41) is 28.1. The largest absolute Gasteiger partial charge is 0.481 e. The van der Waals surface area contributed by atoms with Gasteiger partial charge in [-0.3, -0.25) is 14.4 Å². The summed E-state index contributed by atoms with van der Waals surface area (Å²) >= 11 is 6.03. The molecule has 0 fully saturated rings. The van der Waals surface area contributed by atoms with Crippen molar-refractivity contribution in [3.8, 4) is 11.1 Å². The molecule has 3 rings (SSSR count). The molecule has 0 saturated heterocycles. The average molecular weight is 631 g/mol. The molecule has 0 unspecified atom stereocenters. The minimum absolute atomic E-state index is 0.00984. The van der Waals surface area contributed by atoms with Crippen molar-refractivity contribution in [3.05, 3.63) is 70.8 Å². The molecule has 0 spiro atoms. The monoisotopic (exact) mass is 630 g/mol. The summed E-state index contributed by atoms with van der Waals surface area (Å²) in [7, 11) is 0. The third kappa shape index (κ3) is 11.3. The number of aromatic nitrogens is 3. The molecule has 236 valence electrons. The Morgan fingerprint density at radius 2 is 1.82 bits per heavy atom. The Labute approximate surface area is 259 Å². The predicted octanol–water partition coefficient (Wildman–Crippen LogP) is 4.12. The van der Waals surface area contributed by atoms with Crippen LogP contribution in [0.15, 0.2) is 48.7 Å². The van der Waals surface area contributed by atoms with Gasteiger partial charge in [-0.1, -0.05) is 35.9 Å². The smallest absolute Gasteiger partial charge is 0.407 e. The molecule has 3 aromatic rings. The molecule has 0 bridgehead atoms. The average Bonchev–Trinajstić information content (AvgIpc) is 3.49. The first-order valence-electron chi connectivity index (χ1n) is 14.0. The fourth-order valence-corrected chi connectivity index (χ4v) is 4.45. The van der Waals surface area contributed by atoms with Crippen LogP contribution in [0.5, 0.6) is 0 Å².